The summed E-state index contributed by atoms with van der Waals surface area (Å²) in [4.78, 5) is 28.9. The van der Waals surface area contributed by atoms with E-state index in [4.69, 9.17) is 0 Å². The van der Waals surface area contributed by atoms with E-state index in [9.17, 15) is 14.7 Å². The molecule has 1 fully saturated rings. The van der Waals surface area contributed by atoms with E-state index in [1.54, 1.807) is 11.6 Å². The fourth-order valence-electron chi connectivity index (χ4n) is 1.93. The maximum Gasteiger partial charge on any atom is 0.327 e. The standard InChI is InChI=1S/C11H15N3O3S2/c1-6(2)8-14(7(5-19-8)9(15)16)11(17)13-10-12-3-4-18-10/h3-4,6-8H,5H2,1-2H3,(H,15,16)(H,12,13,17). The average molecular weight is 301 g/mol. The third-order valence-electron chi connectivity index (χ3n) is 2.77. The molecule has 104 valence electrons. The second-order valence-electron chi connectivity index (χ2n) is 4.50. The summed E-state index contributed by atoms with van der Waals surface area (Å²) < 4.78 is 0. The van der Waals surface area contributed by atoms with Gasteiger partial charge in [0.05, 0.1) is 5.37 Å². The number of thiazole rings is 1. The van der Waals surface area contributed by atoms with Gasteiger partial charge in [0.25, 0.3) is 0 Å². The summed E-state index contributed by atoms with van der Waals surface area (Å²) in [5.74, 6) is -0.356. The van der Waals surface area contributed by atoms with E-state index >= 15 is 0 Å². The summed E-state index contributed by atoms with van der Waals surface area (Å²) in [6, 6.07) is -1.18. The number of carboxylic acids is 1. The minimum Gasteiger partial charge on any atom is -0.480 e. The molecule has 2 unspecified atom stereocenters. The number of rotatable bonds is 3. The van der Waals surface area contributed by atoms with Crippen molar-refractivity contribution < 1.29 is 14.7 Å². The summed E-state index contributed by atoms with van der Waals surface area (Å²) in [6.45, 7) is 3.96. The summed E-state index contributed by atoms with van der Waals surface area (Å²) in [7, 11) is 0. The van der Waals surface area contributed by atoms with E-state index in [0.29, 0.717) is 10.9 Å². The van der Waals surface area contributed by atoms with Crippen LogP contribution >= 0.6 is 23.1 Å². The molecule has 1 aromatic rings. The van der Waals surface area contributed by atoms with Crippen molar-refractivity contribution in [3.63, 3.8) is 0 Å². The van der Waals surface area contributed by atoms with Crippen molar-refractivity contribution >= 4 is 40.2 Å². The number of aliphatic carboxylic acids is 1. The largest absolute Gasteiger partial charge is 0.480 e. The zero-order valence-corrected chi connectivity index (χ0v) is 12.2. The maximum absolute atomic E-state index is 12.2. The Morgan fingerprint density at radius 2 is 2.32 bits per heavy atom. The molecule has 19 heavy (non-hydrogen) atoms. The minimum atomic E-state index is -0.968. The van der Waals surface area contributed by atoms with Crippen LogP contribution in [0.2, 0.25) is 0 Å². The number of carbonyl (C=O) groups excluding carboxylic acids is 1. The van der Waals surface area contributed by atoms with E-state index in [-0.39, 0.29) is 11.3 Å². The van der Waals surface area contributed by atoms with Gasteiger partial charge in [-0.3, -0.25) is 10.2 Å². The van der Waals surface area contributed by atoms with Crippen molar-refractivity contribution in [2.24, 2.45) is 5.92 Å². The third kappa shape index (κ3) is 3.01. The Hall–Kier alpha value is -1.28. The minimum absolute atomic E-state index is 0.124. The maximum atomic E-state index is 12.2. The monoisotopic (exact) mass is 301 g/mol. The average Bonchev–Trinajstić information content (AvgIpc) is 2.95. The van der Waals surface area contributed by atoms with Crippen LogP contribution in [0.5, 0.6) is 0 Å². The van der Waals surface area contributed by atoms with Gasteiger partial charge in [0, 0.05) is 17.3 Å². The smallest absolute Gasteiger partial charge is 0.327 e. The van der Waals surface area contributed by atoms with Crippen molar-refractivity contribution in [1.29, 1.82) is 0 Å². The van der Waals surface area contributed by atoms with Gasteiger partial charge < -0.3 is 5.11 Å². The SMILES string of the molecule is CC(C)C1SCC(C(=O)O)N1C(=O)Nc1nccs1. The molecule has 8 heteroatoms. The molecule has 2 atom stereocenters. The summed E-state index contributed by atoms with van der Waals surface area (Å²) in [6.07, 6.45) is 1.59. The van der Waals surface area contributed by atoms with Gasteiger partial charge in [0.2, 0.25) is 0 Å². The molecule has 0 aromatic carbocycles. The highest BCUT2D eigenvalue weighted by atomic mass is 32.2. The van der Waals surface area contributed by atoms with E-state index in [2.05, 4.69) is 10.3 Å². The van der Waals surface area contributed by atoms with Crippen LogP contribution in [0, 0.1) is 5.92 Å². The van der Waals surface area contributed by atoms with E-state index in [1.807, 2.05) is 13.8 Å². The number of hydrogen-bond donors (Lipinski definition) is 2. The Balaban J connectivity index is 2.16. The predicted molar refractivity (Wildman–Crippen MR) is 75.5 cm³/mol. The van der Waals surface area contributed by atoms with Crippen LogP contribution in [0.1, 0.15) is 13.8 Å². The van der Waals surface area contributed by atoms with Gasteiger partial charge in [0.15, 0.2) is 5.13 Å². The Morgan fingerprint density at radius 1 is 1.58 bits per heavy atom. The van der Waals surface area contributed by atoms with Crippen LogP contribution in [-0.2, 0) is 4.79 Å². The van der Waals surface area contributed by atoms with Crippen LogP contribution in [0.15, 0.2) is 11.6 Å². The lowest BCUT2D eigenvalue weighted by molar-refractivity contribution is -0.141. The molecule has 0 bridgehead atoms. The van der Waals surface area contributed by atoms with Gasteiger partial charge in [-0.25, -0.2) is 14.6 Å². The van der Waals surface area contributed by atoms with Gasteiger partial charge in [0.1, 0.15) is 6.04 Å². The second kappa shape index (κ2) is 5.79. The lowest BCUT2D eigenvalue weighted by atomic mass is 10.2. The molecule has 6 nitrogen and oxygen atoms in total. The van der Waals surface area contributed by atoms with Crippen molar-refractivity contribution in [3.8, 4) is 0 Å². The molecule has 2 rings (SSSR count). The van der Waals surface area contributed by atoms with E-state index in [0.717, 1.165) is 0 Å². The van der Waals surface area contributed by atoms with Gasteiger partial charge in [-0.15, -0.1) is 23.1 Å². The lowest BCUT2D eigenvalue weighted by Gasteiger charge is -2.29. The Morgan fingerprint density at radius 3 is 2.84 bits per heavy atom. The zero-order chi connectivity index (χ0) is 14.0. The van der Waals surface area contributed by atoms with Gasteiger partial charge in [-0.2, -0.15) is 0 Å². The Bertz CT molecular complexity index is 464. The normalized spacial score (nSPS) is 22.8. The molecule has 2 heterocycles. The fourth-order valence-corrected chi connectivity index (χ4v) is 3.92. The van der Waals surface area contributed by atoms with Crippen molar-refractivity contribution in [2.75, 3.05) is 11.1 Å². The number of amides is 2. The topological polar surface area (TPSA) is 82.5 Å². The molecular weight excluding hydrogens is 286 g/mol. The summed E-state index contributed by atoms with van der Waals surface area (Å²) >= 11 is 2.81. The first-order valence-corrected chi connectivity index (χ1v) is 7.76. The second-order valence-corrected chi connectivity index (χ2v) is 6.54. The summed E-state index contributed by atoms with van der Waals surface area (Å²) in [5.41, 5.74) is 0. The van der Waals surface area contributed by atoms with Crippen molar-refractivity contribution in [2.45, 2.75) is 25.3 Å². The highest BCUT2D eigenvalue weighted by Gasteiger charge is 2.43. The lowest BCUT2D eigenvalue weighted by Crippen LogP contribution is -2.49. The highest BCUT2D eigenvalue weighted by Crippen LogP contribution is 2.34. The molecule has 0 aliphatic carbocycles. The van der Waals surface area contributed by atoms with Gasteiger partial charge in [-0.05, 0) is 5.92 Å². The molecule has 2 N–H and O–H groups in total. The number of carboxylic acid groups (broad SMARTS) is 1. The molecule has 0 spiro atoms. The third-order valence-corrected chi connectivity index (χ3v) is 5.08. The number of hydrogen-bond acceptors (Lipinski definition) is 5. The summed E-state index contributed by atoms with van der Waals surface area (Å²) in [5, 5.41) is 14.0. The molecule has 2 amide bonds. The van der Waals surface area contributed by atoms with Crippen molar-refractivity contribution in [3.05, 3.63) is 11.6 Å². The van der Waals surface area contributed by atoms with Crippen molar-refractivity contribution in [1.82, 2.24) is 9.88 Å². The zero-order valence-electron chi connectivity index (χ0n) is 10.6. The van der Waals surface area contributed by atoms with E-state index < -0.39 is 18.0 Å². The number of thioether (sulfide) groups is 1. The van der Waals surface area contributed by atoms with Crippen LogP contribution in [0.3, 0.4) is 0 Å². The highest BCUT2D eigenvalue weighted by molar-refractivity contribution is 8.00. The Labute approximate surface area is 119 Å². The molecule has 1 aliphatic heterocycles. The van der Waals surface area contributed by atoms with Gasteiger partial charge in [-0.1, -0.05) is 13.8 Å². The van der Waals surface area contributed by atoms with E-state index in [1.165, 1.54) is 28.0 Å². The first-order chi connectivity index (χ1) is 9.00. The number of aromatic nitrogens is 1. The fraction of sp³-hybridized carbons (Fsp3) is 0.545. The first-order valence-electron chi connectivity index (χ1n) is 5.84. The number of nitrogens with zero attached hydrogens (tertiary/aromatic N) is 2. The number of nitrogens with one attached hydrogen (secondary N) is 1. The molecule has 1 saturated heterocycles. The molecule has 0 radical (unpaired) electrons. The van der Waals surface area contributed by atoms with Crippen LogP contribution < -0.4 is 5.32 Å². The van der Waals surface area contributed by atoms with Crippen LogP contribution in [0.4, 0.5) is 9.93 Å². The molecule has 0 saturated carbocycles. The first kappa shape index (κ1) is 14.1. The number of urea groups is 1. The van der Waals surface area contributed by atoms with Crippen LogP contribution in [-0.4, -0.2) is 44.2 Å². The number of carbonyl (C=O) groups is 2. The van der Waals surface area contributed by atoms with Crippen LogP contribution in [0.25, 0.3) is 0 Å². The van der Waals surface area contributed by atoms with Gasteiger partial charge >= 0.3 is 12.0 Å². The quantitative estimate of drug-likeness (QED) is 0.894. The molecular formula is C11H15N3O3S2. The molecule has 1 aromatic heterocycles. The Kier molecular flexibility index (Phi) is 4.31. The predicted octanol–water partition coefficient (Wildman–Crippen LogP) is 2.16. The number of anilines is 1. The molecule has 1 aliphatic rings.